The molecule has 0 aliphatic carbocycles. The van der Waals surface area contributed by atoms with Gasteiger partial charge in [-0.25, -0.2) is 9.97 Å². The monoisotopic (exact) mass is 369 g/mol. The Bertz CT molecular complexity index is 1070. The standard InChI is InChI=1S/C23H23N5/c1-16(2)15-25-20-14-21(28-23(27-20)18-8-4-3-5-9-18)26-19-12-6-10-17-11-7-13-24-22(17)19/h3-14,16H,15H2,1-2H3,(H2,25,26,27,28). The van der Waals surface area contributed by atoms with Gasteiger partial charge in [-0.05, 0) is 18.1 Å². The molecule has 0 bridgehead atoms. The van der Waals surface area contributed by atoms with Crippen molar-refractivity contribution < 1.29 is 0 Å². The van der Waals surface area contributed by atoms with Crippen molar-refractivity contribution in [2.75, 3.05) is 17.2 Å². The Labute approximate surface area is 164 Å². The van der Waals surface area contributed by atoms with Crippen molar-refractivity contribution in [3.8, 4) is 11.4 Å². The highest BCUT2D eigenvalue weighted by atomic mass is 15.1. The minimum atomic E-state index is 0.522. The van der Waals surface area contributed by atoms with Crippen molar-refractivity contribution in [3.05, 3.63) is 72.9 Å². The number of fused-ring (bicyclic) bond motifs is 1. The summed E-state index contributed by atoms with van der Waals surface area (Å²) in [4.78, 5) is 14.0. The van der Waals surface area contributed by atoms with Gasteiger partial charge in [0, 0.05) is 29.8 Å². The van der Waals surface area contributed by atoms with E-state index in [0.29, 0.717) is 11.7 Å². The summed E-state index contributed by atoms with van der Waals surface area (Å²) in [6, 6.07) is 22.0. The Morgan fingerprint density at radius 1 is 0.857 bits per heavy atom. The summed E-state index contributed by atoms with van der Waals surface area (Å²) >= 11 is 0. The summed E-state index contributed by atoms with van der Waals surface area (Å²) in [6.07, 6.45) is 1.80. The van der Waals surface area contributed by atoms with E-state index in [-0.39, 0.29) is 0 Å². The molecule has 0 fully saturated rings. The molecular weight excluding hydrogens is 346 g/mol. The van der Waals surface area contributed by atoms with Crippen LogP contribution in [0.15, 0.2) is 72.9 Å². The molecule has 4 rings (SSSR count). The van der Waals surface area contributed by atoms with Crippen molar-refractivity contribution >= 4 is 28.2 Å². The van der Waals surface area contributed by atoms with E-state index < -0.39 is 0 Å². The van der Waals surface area contributed by atoms with Crippen LogP contribution in [-0.4, -0.2) is 21.5 Å². The zero-order chi connectivity index (χ0) is 19.3. The van der Waals surface area contributed by atoms with Crippen LogP contribution in [0.2, 0.25) is 0 Å². The topological polar surface area (TPSA) is 62.7 Å². The fraction of sp³-hybridized carbons (Fsp3) is 0.174. The molecule has 5 nitrogen and oxygen atoms in total. The van der Waals surface area contributed by atoms with Crippen LogP contribution in [0.4, 0.5) is 17.3 Å². The summed E-state index contributed by atoms with van der Waals surface area (Å²) < 4.78 is 0. The largest absolute Gasteiger partial charge is 0.370 e. The second-order valence-corrected chi connectivity index (χ2v) is 7.11. The number of rotatable bonds is 6. The molecule has 0 amide bonds. The second-order valence-electron chi connectivity index (χ2n) is 7.11. The van der Waals surface area contributed by atoms with Crippen LogP contribution in [0, 0.1) is 5.92 Å². The van der Waals surface area contributed by atoms with Gasteiger partial charge < -0.3 is 10.6 Å². The lowest BCUT2D eigenvalue weighted by Gasteiger charge is -2.13. The van der Waals surface area contributed by atoms with E-state index in [2.05, 4.69) is 41.6 Å². The third-order valence-corrected chi connectivity index (χ3v) is 4.35. The van der Waals surface area contributed by atoms with Crippen molar-refractivity contribution in [1.82, 2.24) is 15.0 Å². The molecule has 0 atom stereocenters. The minimum Gasteiger partial charge on any atom is -0.370 e. The van der Waals surface area contributed by atoms with Crippen LogP contribution in [0.1, 0.15) is 13.8 Å². The predicted molar refractivity (Wildman–Crippen MR) is 116 cm³/mol. The fourth-order valence-electron chi connectivity index (χ4n) is 2.97. The molecule has 0 unspecified atom stereocenters. The van der Waals surface area contributed by atoms with Crippen LogP contribution in [0.25, 0.3) is 22.3 Å². The van der Waals surface area contributed by atoms with Gasteiger partial charge in [-0.2, -0.15) is 0 Å². The first-order chi connectivity index (χ1) is 13.7. The van der Waals surface area contributed by atoms with E-state index >= 15 is 0 Å². The predicted octanol–water partition coefficient (Wildman–Crippen LogP) is 5.50. The lowest BCUT2D eigenvalue weighted by atomic mass is 10.2. The van der Waals surface area contributed by atoms with E-state index in [9.17, 15) is 0 Å². The average Bonchev–Trinajstić information content (AvgIpc) is 2.73. The number of aromatic nitrogens is 3. The third kappa shape index (κ3) is 4.09. The van der Waals surface area contributed by atoms with E-state index in [4.69, 9.17) is 9.97 Å². The molecule has 0 saturated carbocycles. The maximum absolute atomic E-state index is 4.74. The minimum absolute atomic E-state index is 0.522. The number of pyridine rings is 1. The van der Waals surface area contributed by atoms with Gasteiger partial charge in [0.05, 0.1) is 11.2 Å². The lowest BCUT2D eigenvalue weighted by Crippen LogP contribution is -2.10. The molecule has 2 N–H and O–H groups in total. The number of para-hydroxylation sites is 1. The van der Waals surface area contributed by atoms with Gasteiger partial charge in [-0.1, -0.05) is 62.4 Å². The Morgan fingerprint density at radius 2 is 1.64 bits per heavy atom. The maximum atomic E-state index is 4.74. The SMILES string of the molecule is CC(C)CNc1cc(Nc2cccc3cccnc23)nc(-c2ccccc2)n1. The Balaban J connectivity index is 1.73. The highest BCUT2D eigenvalue weighted by molar-refractivity contribution is 5.91. The average molecular weight is 369 g/mol. The molecule has 28 heavy (non-hydrogen) atoms. The van der Waals surface area contributed by atoms with Gasteiger partial charge in [0.25, 0.3) is 0 Å². The molecule has 140 valence electrons. The van der Waals surface area contributed by atoms with Gasteiger partial charge in [-0.3, -0.25) is 4.98 Å². The normalized spacial score (nSPS) is 11.0. The molecule has 2 heterocycles. The molecular formula is C23H23N5. The molecule has 4 aromatic rings. The van der Waals surface area contributed by atoms with Crippen molar-refractivity contribution in [3.63, 3.8) is 0 Å². The molecule has 0 spiro atoms. The second kappa shape index (κ2) is 8.05. The van der Waals surface area contributed by atoms with Crippen LogP contribution in [0.3, 0.4) is 0 Å². The Hall–Kier alpha value is -3.47. The van der Waals surface area contributed by atoms with Gasteiger partial charge in [0.1, 0.15) is 11.6 Å². The molecule has 2 aromatic carbocycles. The zero-order valence-electron chi connectivity index (χ0n) is 16.1. The highest BCUT2D eigenvalue weighted by Crippen LogP contribution is 2.26. The molecule has 0 radical (unpaired) electrons. The van der Waals surface area contributed by atoms with E-state index in [1.165, 1.54) is 0 Å². The van der Waals surface area contributed by atoms with Crippen molar-refractivity contribution in [2.45, 2.75) is 13.8 Å². The van der Waals surface area contributed by atoms with E-state index in [0.717, 1.165) is 40.3 Å². The molecule has 0 saturated heterocycles. The number of hydrogen-bond acceptors (Lipinski definition) is 5. The number of nitrogens with zero attached hydrogens (tertiary/aromatic N) is 3. The molecule has 5 heteroatoms. The van der Waals surface area contributed by atoms with Crippen LogP contribution >= 0.6 is 0 Å². The smallest absolute Gasteiger partial charge is 0.163 e. The van der Waals surface area contributed by atoms with Gasteiger partial charge >= 0.3 is 0 Å². The highest BCUT2D eigenvalue weighted by Gasteiger charge is 2.09. The summed E-state index contributed by atoms with van der Waals surface area (Å²) in [5, 5.41) is 7.93. The first kappa shape index (κ1) is 17.9. The number of benzene rings is 2. The number of hydrogen-bond donors (Lipinski definition) is 2. The Kier molecular flexibility index (Phi) is 5.15. The van der Waals surface area contributed by atoms with Crippen LogP contribution in [-0.2, 0) is 0 Å². The molecule has 0 aliphatic heterocycles. The Morgan fingerprint density at radius 3 is 2.46 bits per heavy atom. The number of nitrogens with one attached hydrogen (secondary N) is 2. The van der Waals surface area contributed by atoms with Crippen molar-refractivity contribution in [2.24, 2.45) is 5.92 Å². The zero-order valence-corrected chi connectivity index (χ0v) is 16.1. The lowest BCUT2D eigenvalue weighted by molar-refractivity contribution is 0.687. The first-order valence-corrected chi connectivity index (χ1v) is 9.48. The summed E-state index contributed by atoms with van der Waals surface area (Å²) in [5.74, 6) is 2.75. The quantitative estimate of drug-likeness (QED) is 0.470. The summed E-state index contributed by atoms with van der Waals surface area (Å²) in [7, 11) is 0. The van der Waals surface area contributed by atoms with Gasteiger partial charge in [0.2, 0.25) is 0 Å². The molecule has 2 aromatic heterocycles. The first-order valence-electron chi connectivity index (χ1n) is 9.48. The summed E-state index contributed by atoms with van der Waals surface area (Å²) in [5.41, 5.74) is 2.82. The van der Waals surface area contributed by atoms with Crippen molar-refractivity contribution in [1.29, 1.82) is 0 Å². The van der Waals surface area contributed by atoms with E-state index in [1.54, 1.807) is 6.20 Å². The molecule has 0 aliphatic rings. The van der Waals surface area contributed by atoms with Crippen LogP contribution in [0.5, 0.6) is 0 Å². The third-order valence-electron chi connectivity index (χ3n) is 4.35. The van der Waals surface area contributed by atoms with Crippen LogP contribution < -0.4 is 10.6 Å². The summed E-state index contributed by atoms with van der Waals surface area (Å²) in [6.45, 7) is 5.20. The maximum Gasteiger partial charge on any atom is 0.163 e. The number of anilines is 3. The fourth-order valence-corrected chi connectivity index (χ4v) is 2.97. The van der Waals surface area contributed by atoms with E-state index in [1.807, 2.05) is 54.6 Å². The van der Waals surface area contributed by atoms with Gasteiger partial charge in [0.15, 0.2) is 5.82 Å². The van der Waals surface area contributed by atoms with Gasteiger partial charge in [-0.15, -0.1) is 0 Å².